The van der Waals surface area contributed by atoms with E-state index in [2.05, 4.69) is 13.2 Å². The molecule has 1 heterocycles. The molecular weight excluding hydrogens is 264 g/mol. The van der Waals surface area contributed by atoms with E-state index < -0.39 is 0 Å². The van der Waals surface area contributed by atoms with Gasteiger partial charge in [0.25, 0.3) is 5.91 Å². The lowest BCUT2D eigenvalue weighted by atomic mass is 10.1. The highest BCUT2D eigenvalue weighted by molar-refractivity contribution is 6.33. The Morgan fingerprint density at radius 1 is 1.26 bits per heavy atom. The summed E-state index contributed by atoms with van der Waals surface area (Å²) >= 11 is 5.80. The van der Waals surface area contributed by atoms with Crippen molar-refractivity contribution in [3.63, 3.8) is 0 Å². The Morgan fingerprint density at radius 2 is 1.84 bits per heavy atom. The molecule has 1 aliphatic heterocycles. The third-order valence-electron chi connectivity index (χ3n) is 2.85. The summed E-state index contributed by atoms with van der Waals surface area (Å²) in [7, 11) is 0. The number of carbonyl (C=O) groups excluding carboxylic acids is 2. The molecule has 1 amide bonds. The van der Waals surface area contributed by atoms with Crippen LogP contribution in [0.3, 0.4) is 0 Å². The number of hydrogen-bond donors (Lipinski definition) is 1. The number of anilines is 1. The second kappa shape index (κ2) is 6.95. The topological polar surface area (TPSA) is 63.4 Å². The first-order chi connectivity index (χ1) is 9.08. The molecule has 0 aliphatic carbocycles. The van der Waals surface area contributed by atoms with Crippen molar-refractivity contribution in [3.8, 4) is 0 Å². The van der Waals surface area contributed by atoms with E-state index in [4.69, 9.17) is 17.3 Å². The molecule has 1 aromatic rings. The van der Waals surface area contributed by atoms with Crippen LogP contribution < -0.4 is 5.73 Å². The molecule has 0 bridgehead atoms. The molecule has 5 heteroatoms. The van der Waals surface area contributed by atoms with Crippen molar-refractivity contribution in [2.45, 2.75) is 12.8 Å². The largest absolute Gasteiger partial charge is 0.398 e. The van der Waals surface area contributed by atoms with Crippen LogP contribution in [0.25, 0.3) is 0 Å². The Labute approximate surface area is 117 Å². The molecule has 0 atom stereocenters. The van der Waals surface area contributed by atoms with Crippen LogP contribution in [0.2, 0.25) is 5.02 Å². The number of rotatable bonds is 1. The monoisotopic (exact) mass is 280 g/mol. The molecule has 2 N–H and O–H groups in total. The molecule has 102 valence electrons. The van der Waals surface area contributed by atoms with Crippen LogP contribution in [0.15, 0.2) is 31.4 Å². The van der Waals surface area contributed by atoms with Gasteiger partial charge >= 0.3 is 0 Å². The molecule has 2 rings (SSSR count). The van der Waals surface area contributed by atoms with Gasteiger partial charge in [0.15, 0.2) is 0 Å². The SMILES string of the molecule is C=C.Nc1cc(C(=O)N2CCC(=O)CC2)ccc1Cl. The van der Waals surface area contributed by atoms with Gasteiger partial charge in [0.05, 0.1) is 10.7 Å². The summed E-state index contributed by atoms with van der Waals surface area (Å²) in [6.07, 6.45) is 0.879. The molecule has 1 fully saturated rings. The van der Waals surface area contributed by atoms with Gasteiger partial charge in [-0.3, -0.25) is 9.59 Å². The van der Waals surface area contributed by atoms with Crippen LogP contribution in [0.1, 0.15) is 23.2 Å². The number of nitrogens with two attached hydrogens (primary N) is 1. The molecule has 0 radical (unpaired) electrons. The number of likely N-dealkylation sites (tertiary alicyclic amines) is 1. The first kappa shape index (κ1) is 15.2. The molecule has 1 aromatic carbocycles. The minimum atomic E-state index is -0.0964. The van der Waals surface area contributed by atoms with Crippen molar-refractivity contribution in [2.24, 2.45) is 0 Å². The summed E-state index contributed by atoms with van der Waals surface area (Å²) in [5.74, 6) is 0.116. The average Bonchev–Trinajstić information content (AvgIpc) is 2.44. The van der Waals surface area contributed by atoms with Crippen molar-refractivity contribution < 1.29 is 9.59 Å². The summed E-state index contributed by atoms with van der Waals surface area (Å²) in [5, 5.41) is 0.440. The highest BCUT2D eigenvalue weighted by Crippen LogP contribution is 2.21. The number of nitrogens with zero attached hydrogens (tertiary/aromatic N) is 1. The summed E-state index contributed by atoms with van der Waals surface area (Å²) in [6.45, 7) is 6.97. The number of hydrogen-bond acceptors (Lipinski definition) is 3. The lowest BCUT2D eigenvalue weighted by Gasteiger charge is -2.26. The van der Waals surface area contributed by atoms with Crippen LogP contribution >= 0.6 is 11.6 Å². The lowest BCUT2D eigenvalue weighted by molar-refractivity contribution is -0.120. The smallest absolute Gasteiger partial charge is 0.253 e. The Balaban J connectivity index is 0.000000861. The van der Waals surface area contributed by atoms with Gasteiger partial charge in [-0.05, 0) is 18.2 Å². The Kier molecular flexibility index (Phi) is 5.57. The number of piperidine rings is 1. The number of ketones is 1. The van der Waals surface area contributed by atoms with Gasteiger partial charge in [0.2, 0.25) is 0 Å². The van der Waals surface area contributed by atoms with Gasteiger partial charge in [-0.2, -0.15) is 0 Å². The maximum atomic E-state index is 12.1. The van der Waals surface area contributed by atoms with Crippen molar-refractivity contribution in [3.05, 3.63) is 41.9 Å². The van der Waals surface area contributed by atoms with E-state index in [9.17, 15) is 9.59 Å². The van der Waals surface area contributed by atoms with Gasteiger partial charge in [-0.15, -0.1) is 13.2 Å². The third-order valence-corrected chi connectivity index (χ3v) is 3.20. The molecule has 0 spiro atoms. The molecule has 19 heavy (non-hydrogen) atoms. The van der Waals surface area contributed by atoms with E-state index in [1.807, 2.05) is 0 Å². The molecular formula is C14H17ClN2O2. The normalized spacial score (nSPS) is 14.6. The zero-order chi connectivity index (χ0) is 14.4. The highest BCUT2D eigenvalue weighted by Gasteiger charge is 2.21. The van der Waals surface area contributed by atoms with Gasteiger partial charge in [-0.25, -0.2) is 0 Å². The van der Waals surface area contributed by atoms with Crippen LogP contribution in [0.4, 0.5) is 5.69 Å². The Hall–Kier alpha value is -1.81. The number of halogens is 1. The molecule has 0 saturated carbocycles. The van der Waals surface area contributed by atoms with Crippen molar-refractivity contribution >= 4 is 29.0 Å². The maximum Gasteiger partial charge on any atom is 0.253 e. The maximum absolute atomic E-state index is 12.1. The molecule has 0 unspecified atom stereocenters. The summed E-state index contributed by atoms with van der Waals surface area (Å²) in [6, 6.07) is 4.83. The van der Waals surface area contributed by atoms with Gasteiger partial charge < -0.3 is 10.6 Å². The van der Waals surface area contributed by atoms with Crippen LogP contribution in [0.5, 0.6) is 0 Å². The fourth-order valence-electron chi connectivity index (χ4n) is 1.82. The standard InChI is InChI=1S/C12H13ClN2O2.C2H4/c13-10-2-1-8(7-11(10)14)12(17)15-5-3-9(16)4-6-15;1-2/h1-2,7H,3-6,14H2;1-2H2. The summed E-state index contributed by atoms with van der Waals surface area (Å²) in [5.41, 5.74) is 6.56. The second-order valence-corrected chi connectivity index (χ2v) is 4.47. The first-order valence-electron chi connectivity index (χ1n) is 5.94. The van der Waals surface area contributed by atoms with Crippen LogP contribution in [0, 0.1) is 0 Å². The number of carbonyl (C=O) groups is 2. The molecule has 1 aliphatic rings. The number of benzene rings is 1. The van der Waals surface area contributed by atoms with Crippen LogP contribution in [-0.4, -0.2) is 29.7 Å². The predicted octanol–water partition coefficient (Wildman–Crippen LogP) is 2.53. The fourth-order valence-corrected chi connectivity index (χ4v) is 1.94. The molecule has 4 nitrogen and oxygen atoms in total. The van der Waals surface area contributed by atoms with Crippen molar-refractivity contribution in [1.82, 2.24) is 4.90 Å². The Bertz CT molecular complexity index is 478. The third kappa shape index (κ3) is 3.83. The second-order valence-electron chi connectivity index (χ2n) is 4.07. The minimum absolute atomic E-state index is 0.0964. The predicted molar refractivity (Wildman–Crippen MR) is 77.3 cm³/mol. The zero-order valence-electron chi connectivity index (χ0n) is 10.7. The van der Waals surface area contributed by atoms with Crippen molar-refractivity contribution in [1.29, 1.82) is 0 Å². The highest BCUT2D eigenvalue weighted by atomic mass is 35.5. The van der Waals surface area contributed by atoms with Gasteiger partial charge in [-0.1, -0.05) is 11.6 Å². The van der Waals surface area contributed by atoms with E-state index >= 15 is 0 Å². The summed E-state index contributed by atoms with van der Waals surface area (Å²) in [4.78, 5) is 24.8. The van der Waals surface area contributed by atoms with Crippen LogP contribution in [-0.2, 0) is 4.79 Å². The zero-order valence-corrected chi connectivity index (χ0v) is 11.4. The minimum Gasteiger partial charge on any atom is -0.398 e. The van der Waals surface area contributed by atoms with Gasteiger partial charge in [0.1, 0.15) is 5.78 Å². The molecule has 1 saturated heterocycles. The van der Waals surface area contributed by atoms with E-state index in [1.165, 1.54) is 0 Å². The van der Waals surface area contributed by atoms with E-state index in [0.717, 1.165) is 0 Å². The van der Waals surface area contributed by atoms with E-state index in [0.29, 0.717) is 42.2 Å². The number of nitrogen functional groups attached to an aromatic ring is 1. The van der Waals surface area contributed by atoms with Crippen molar-refractivity contribution in [2.75, 3.05) is 18.8 Å². The molecule has 0 aromatic heterocycles. The van der Waals surface area contributed by atoms with E-state index in [1.54, 1.807) is 23.1 Å². The first-order valence-corrected chi connectivity index (χ1v) is 6.32. The number of amides is 1. The average molecular weight is 281 g/mol. The summed E-state index contributed by atoms with van der Waals surface area (Å²) < 4.78 is 0. The quantitative estimate of drug-likeness (QED) is 0.635. The lowest BCUT2D eigenvalue weighted by Crippen LogP contribution is -2.38. The fraction of sp³-hybridized carbons (Fsp3) is 0.286. The number of Topliss-reactive ketones (excluding diaryl/α,β-unsaturated/α-hetero) is 1. The Morgan fingerprint density at radius 3 is 2.37 bits per heavy atom. The van der Waals surface area contributed by atoms with E-state index in [-0.39, 0.29) is 11.7 Å². The van der Waals surface area contributed by atoms with Gasteiger partial charge in [0, 0.05) is 31.5 Å².